The molecule has 2 rings (SSSR count). The molecule has 0 aliphatic carbocycles. The van der Waals surface area contributed by atoms with Crippen LogP contribution in [0.15, 0.2) is 18.2 Å². The predicted octanol–water partition coefficient (Wildman–Crippen LogP) is 3.45. The van der Waals surface area contributed by atoms with Crippen LogP contribution in [0.25, 0.3) is 0 Å². The van der Waals surface area contributed by atoms with Gasteiger partial charge in [-0.25, -0.2) is 0 Å². The van der Waals surface area contributed by atoms with Crippen LogP contribution in [0.2, 0.25) is 5.02 Å². The van der Waals surface area contributed by atoms with E-state index in [0.717, 1.165) is 50.0 Å². The van der Waals surface area contributed by atoms with Crippen molar-refractivity contribution in [1.82, 2.24) is 5.32 Å². The van der Waals surface area contributed by atoms with E-state index >= 15 is 0 Å². The highest BCUT2D eigenvalue weighted by Crippen LogP contribution is 2.35. The molecular formula is C16H25ClN2O. The largest absolute Gasteiger partial charge is 0.377 e. The molecule has 0 aromatic heterocycles. The van der Waals surface area contributed by atoms with Crippen LogP contribution in [-0.2, 0) is 11.3 Å². The topological polar surface area (TPSA) is 24.5 Å². The fraction of sp³-hybridized carbons (Fsp3) is 0.625. The molecule has 1 aromatic rings. The first-order valence-corrected chi connectivity index (χ1v) is 7.77. The zero-order valence-electron chi connectivity index (χ0n) is 12.7. The SMILES string of the molecule is CCCNCc1cccc(Cl)c1N1CCOCC1(C)C. The first kappa shape index (κ1) is 15.6. The number of benzene rings is 1. The molecule has 1 aliphatic rings. The molecule has 1 aliphatic heterocycles. The highest BCUT2D eigenvalue weighted by Gasteiger charge is 2.32. The van der Waals surface area contributed by atoms with Gasteiger partial charge in [-0.15, -0.1) is 0 Å². The lowest BCUT2D eigenvalue weighted by Gasteiger charge is -2.45. The minimum Gasteiger partial charge on any atom is -0.377 e. The molecule has 1 fully saturated rings. The lowest BCUT2D eigenvalue weighted by atomic mass is 9.99. The molecule has 1 N–H and O–H groups in total. The number of hydrogen-bond acceptors (Lipinski definition) is 3. The van der Waals surface area contributed by atoms with Gasteiger partial charge in [0.2, 0.25) is 0 Å². The number of nitrogens with one attached hydrogen (secondary N) is 1. The van der Waals surface area contributed by atoms with E-state index in [-0.39, 0.29) is 5.54 Å². The van der Waals surface area contributed by atoms with Gasteiger partial charge in [-0.2, -0.15) is 0 Å². The fourth-order valence-electron chi connectivity index (χ4n) is 2.68. The normalized spacial score (nSPS) is 18.3. The first-order valence-electron chi connectivity index (χ1n) is 7.40. The summed E-state index contributed by atoms with van der Waals surface area (Å²) in [6.07, 6.45) is 1.14. The van der Waals surface area contributed by atoms with E-state index < -0.39 is 0 Å². The molecule has 1 heterocycles. The third-order valence-electron chi connectivity index (χ3n) is 3.73. The molecule has 0 unspecified atom stereocenters. The molecule has 1 aromatic carbocycles. The fourth-order valence-corrected chi connectivity index (χ4v) is 2.97. The van der Waals surface area contributed by atoms with Gasteiger partial charge in [0.05, 0.1) is 29.5 Å². The van der Waals surface area contributed by atoms with Gasteiger partial charge in [0, 0.05) is 13.1 Å². The lowest BCUT2D eigenvalue weighted by Crippen LogP contribution is -2.53. The molecule has 3 nitrogen and oxygen atoms in total. The molecular weight excluding hydrogens is 272 g/mol. The lowest BCUT2D eigenvalue weighted by molar-refractivity contribution is 0.0643. The van der Waals surface area contributed by atoms with Crippen LogP contribution < -0.4 is 10.2 Å². The summed E-state index contributed by atoms with van der Waals surface area (Å²) < 4.78 is 5.61. The van der Waals surface area contributed by atoms with Crippen LogP contribution >= 0.6 is 11.6 Å². The van der Waals surface area contributed by atoms with Crippen molar-refractivity contribution in [3.63, 3.8) is 0 Å². The van der Waals surface area contributed by atoms with Gasteiger partial charge in [0.15, 0.2) is 0 Å². The van der Waals surface area contributed by atoms with Gasteiger partial charge in [-0.3, -0.25) is 0 Å². The van der Waals surface area contributed by atoms with E-state index in [0.29, 0.717) is 0 Å². The maximum absolute atomic E-state index is 6.49. The van der Waals surface area contributed by atoms with E-state index in [1.165, 1.54) is 5.56 Å². The van der Waals surface area contributed by atoms with Gasteiger partial charge in [0.1, 0.15) is 0 Å². The molecule has 1 saturated heterocycles. The third kappa shape index (κ3) is 3.46. The van der Waals surface area contributed by atoms with Gasteiger partial charge in [-0.1, -0.05) is 30.7 Å². The summed E-state index contributed by atoms with van der Waals surface area (Å²) in [4.78, 5) is 2.39. The summed E-state index contributed by atoms with van der Waals surface area (Å²) in [6.45, 7) is 10.9. The van der Waals surface area contributed by atoms with Crippen molar-refractivity contribution in [3.05, 3.63) is 28.8 Å². The minimum absolute atomic E-state index is 0.0250. The number of para-hydroxylation sites is 1. The first-order chi connectivity index (χ1) is 9.56. The molecule has 4 heteroatoms. The summed E-state index contributed by atoms with van der Waals surface area (Å²) in [6, 6.07) is 6.17. The molecule has 0 spiro atoms. The zero-order valence-corrected chi connectivity index (χ0v) is 13.5. The van der Waals surface area contributed by atoms with Crippen molar-refractivity contribution < 1.29 is 4.74 Å². The van der Waals surface area contributed by atoms with Crippen molar-refractivity contribution in [2.45, 2.75) is 39.3 Å². The van der Waals surface area contributed by atoms with Crippen LogP contribution in [0.3, 0.4) is 0 Å². The van der Waals surface area contributed by atoms with Crippen LogP contribution in [0.5, 0.6) is 0 Å². The van der Waals surface area contributed by atoms with Crippen molar-refractivity contribution >= 4 is 17.3 Å². The smallest absolute Gasteiger partial charge is 0.0694 e. The molecule has 20 heavy (non-hydrogen) atoms. The molecule has 0 atom stereocenters. The number of rotatable bonds is 5. The number of halogens is 1. The number of hydrogen-bond donors (Lipinski definition) is 1. The summed E-state index contributed by atoms with van der Waals surface area (Å²) in [5.74, 6) is 0. The summed E-state index contributed by atoms with van der Waals surface area (Å²) in [5.41, 5.74) is 2.40. The summed E-state index contributed by atoms with van der Waals surface area (Å²) in [7, 11) is 0. The van der Waals surface area contributed by atoms with Gasteiger partial charge >= 0.3 is 0 Å². The van der Waals surface area contributed by atoms with Crippen LogP contribution in [0, 0.1) is 0 Å². The van der Waals surface area contributed by atoms with E-state index in [1.807, 2.05) is 12.1 Å². The highest BCUT2D eigenvalue weighted by molar-refractivity contribution is 6.33. The Bertz CT molecular complexity index is 448. The number of ether oxygens (including phenoxy) is 1. The molecule has 0 radical (unpaired) electrons. The van der Waals surface area contributed by atoms with Gasteiger partial charge in [0.25, 0.3) is 0 Å². The van der Waals surface area contributed by atoms with Crippen molar-refractivity contribution in [2.24, 2.45) is 0 Å². The van der Waals surface area contributed by atoms with E-state index in [1.54, 1.807) is 0 Å². The van der Waals surface area contributed by atoms with Crippen LogP contribution in [0.4, 0.5) is 5.69 Å². The zero-order chi connectivity index (χ0) is 14.6. The summed E-state index contributed by atoms with van der Waals surface area (Å²) in [5, 5.41) is 4.30. The van der Waals surface area contributed by atoms with Gasteiger partial charge in [-0.05, 0) is 38.4 Å². The van der Waals surface area contributed by atoms with Crippen LogP contribution in [0.1, 0.15) is 32.8 Å². The number of anilines is 1. The molecule has 0 bridgehead atoms. The van der Waals surface area contributed by atoms with E-state index in [4.69, 9.17) is 16.3 Å². The standard InChI is InChI=1S/C16H25ClN2O/c1-4-8-18-11-13-6-5-7-14(17)15(13)19-9-10-20-12-16(19,2)3/h5-7,18H,4,8-12H2,1-3H3. The van der Waals surface area contributed by atoms with E-state index in [2.05, 4.69) is 37.1 Å². The quantitative estimate of drug-likeness (QED) is 0.842. The maximum Gasteiger partial charge on any atom is 0.0694 e. The average molecular weight is 297 g/mol. The van der Waals surface area contributed by atoms with Crippen molar-refractivity contribution in [1.29, 1.82) is 0 Å². The Morgan fingerprint density at radius 2 is 2.20 bits per heavy atom. The predicted molar refractivity (Wildman–Crippen MR) is 85.7 cm³/mol. The molecule has 112 valence electrons. The second-order valence-electron chi connectivity index (χ2n) is 5.94. The molecule has 0 saturated carbocycles. The Labute approximate surface area is 127 Å². The van der Waals surface area contributed by atoms with Crippen molar-refractivity contribution in [3.8, 4) is 0 Å². The second kappa shape index (κ2) is 6.79. The Morgan fingerprint density at radius 3 is 2.90 bits per heavy atom. The van der Waals surface area contributed by atoms with E-state index in [9.17, 15) is 0 Å². The Balaban J connectivity index is 2.28. The second-order valence-corrected chi connectivity index (χ2v) is 6.35. The number of morpholine rings is 1. The Hall–Kier alpha value is -0.770. The monoisotopic (exact) mass is 296 g/mol. The van der Waals surface area contributed by atoms with Gasteiger partial charge < -0.3 is 15.0 Å². The third-order valence-corrected chi connectivity index (χ3v) is 4.03. The minimum atomic E-state index is -0.0250. The van der Waals surface area contributed by atoms with Crippen molar-refractivity contribution in [2.75, 3.05) is 31.2 Å². The van der Waals surface area contributed by atoms with Crippen LogP contribution in [-0.4, -0.2) is 31.8 Å². The average Bonchev–Trinajstić information content (AvgIpc) is 2.40. The Morgan fingerprint density at radius 1 is 1.40 bits per heavy atom. The number of nitrogens with zero attached hydrogens (tertiary/aromatic N) is 1. The molecule has 0 amide bonds. The highest BCUT2D eigenvalue weighted by atomic mass is 35.5. The summed E-state index contributed by atoms with van der Waals surface area (Å²) >= 11 is 6.49. The Kier molecular flexibility index (Phi) is 5.30. The maximum atomic E-state index is 6.49.